The summed E-state index contributed by atoms with van der Waals surface area (Å²) in [7, 11) is 0.0981. The van der Waals surface area contributed by atoms with Crippen molar-refractivity contribution < 1.29 is 32.5 Å². The standard InChI is InChI=1S/C28H27N3O7S/c1-36-21-11-9-20(10-12-21)31(39(34,35)22-13-15-26(37-2)27(16-22)38-3)18-28(33)30-29-17-24-23-7-5-4-6-19(23)8-14-25(24)32/h4-17,32H,18H2,1-3H3,(H,30,33)/b29-17-. The van der Waals surface area contributed by atoms with Crippen LogP contribution >= 0.6 is 0 Å². The van der Waals surface area contributed by atoms with Crippen LogP contribution in [0.4, 0.5) is 5.69 Å². The Morgan fingerprint density at radius 1 is 0.923 bits per heavy atom. The van der Waals surface area contributed by atoms with Crippen LogP contribution in [0.25, 0.3) is 10.8 Å². The summed E-state index contributed by atoms with van der Waals surface area (Å²) < 4.78 is 44.0. The molecular formula is C28H27N3O7S. The Hall–Kier alpha value is -4.77. The van der Waals surface area contributed by atoms with E-state index in [0.717, 1.165) is 15.1 Å². The number of hydrogen-bond donors (Lipinski definition) is 2. The van der Waals surface area contributed by atoms with Crippen molar-refractivity contribution in [2.24, 2.45) is 5.10 Å². The van der Waals surface area contributed by atoms with Gasteiger partial charge in [0, 0.05) is 11.6 Å². The normalized spacial score (nSPS) is 11.4. The molecule has 0 saturated carbocycles. The average molecular weight is 550 g/mol. The summed E-state index contributed by atoms with van der Waals surface area (Å²) in [6.45, 7) is -0.581. The van der Waals surface area contributed by atoms with E-state index in [1.165, 1.54) is 63.9 Å². The Bertz CT molecular complexity index is 1620. The van der Waals surface area contributed by atoms with Crippen molar-refractivity contribution in [3.63, 3.8) is 0 Å². The van der Waals surface area contributed by atoms with Crippen LogP contribution in [0.1, 0.15) is 5.56 Å². The van der Waals surface area contributed by atoms with E-state index in [2.05, 4.69) is 10.5 Å². The second-order valence-electron chi connectivity index (χ2n) is 8.24. The molecule has 0 fully saturated rings. The van der Waals surface area contributed by atoms with Gasteiger partial charge in [-0.2, -0.15) is 5.10 Å². The van der Waals surface area contributed by atoms with Crippen LogP contribution in [-0.4, -0.2) is 53.5 Å². The lowest BCUT2D eigenvalue weighted by Gasteiger charge is -2.24. The molecule has 4 aromatic carbocycles. The molecule has 0 radical (unpaired) electrons. The molecule has 4 aromatic rings. The predicted octanol–water partition coefficient (Wildman–Crippen LogP) is 3.92. The minimum absolute atomic E-state index is 0.0115. The van der Waals surface area contributed by atoms with E-state index in [1.54, 1.807) is 18.2 Å². The lowest BCUT2D eigenvalue weighted by atomic mass is 10.0. The third-order valence-corrected chi connectivity index (χ3v) is 7.69. The van der Waals surface area contributed by atoms with E-state index >= 15 is 0 Å². The fourth-order valence-electron chi connectivity index (χ4n) is 3.92. The van der Waals surface area contributed by atoms with Crippen LogP contribution in [0.15, 0.2) is 88.9 Å². The highest BCUT2D eigenvalue weighted by Gasteiger charge is 2.28. The Balaban J connectivity index is 1.63. The van der Waals surface area contributed by atoms with E-state index in [9.17, 15) is 18.3 Å². The van der Waals surface area contributed by atoms with E-state index in [1.807, 2.05) is 24.3 Å². The zero-order chi connectivity index (χ0) is 28.0. The molecule has 0 aliphatic heterocycles. The summed E-state index contributed by atoms with van der Waals surface area (Å²) in [5.41, 5.74) is 3.00. The van der Waals surface area contributed by atoms with Gasteiger partial charge in [-0.25, -0.2) is 13.8 Å². The molecule has 0 unspecified atom stereocenters. The van der Waals surface area contributed by atoms with E-state index in [0.29, 0.717) is 17.1 Å². The highest BCUT2D eigenvalue weighted by Crippen LogP contribution is 2.32. The number of phenolic OH excluding ortho intramolecular Hbond substituents is 1. The van der Waals surface area contributed by atoms with Crippen molar-refractivity contribution in [3.05, 3.63) is 84.4 Å². The average Bonchev–Trinajstić information content (AvgIpc) is 2.96. The molecule has 11 heteroatoms. The van der Waals surface area contributed by atoms with Gasteiger partial charge in [0.25, 0.3) is 15.9 Å². The maximum atomic E-state index is 13.7. The molecular weight excluding hydrogens is 522 g/mol. The second-order valence-corrected chi connectivity index (χ2v) is 10.1. The first kappa shape index (κ1) is 27.3. The number of aromatic hydroxyl groups is 1. The third-order valence-electron chi connectivity index (χ3n) is 5.92. The smallest absolute Gasteiger partial charge is 0.264 e. The lowest BCUT2D eigenvalue weighted by molar-refractivity contribution is -0.119. The number of rotatable bonds is 10. The van der Waals surface area contributed by atoms with Crippen molar-refractivity contribution in [2.45, 2.75) is 4.90 Å². The van der Waals surface area contributed by atoms with Crippen LogP contribution in [-0.2, 0) is 14.8 Å². The SMILES string of the molecule is COc1ccc(N(CC(=O)N/N=C\c2c(O)ccc3ccccc23)S(=O)(=O)c2ccc(OC)c(OC)c2)cc1. The van der Waals surface area contributed by atoms with Gasteiger partial charge in [0.05, 0.1) is 38.1 Å². The number of phenols is 1. The van der Waals surface area contributed by atoms with Crippen LogP contribution in [0.5, 0.6) is 23.0 Å². The highest BCUT2D eigenvalue weighted by molar-refractivity contribution is 7.92. The molecule has 0 heterocycles. The minimum atomic E-state index is -4.23. The zero-order valence-electron chi connectivity index (χ0n) is 21.5. The summed E-state index contributed by atoms with van der Waals surface area (Å²) >= 11 is 0. The summed E-state index contributed by atoms with van der Waals surface area (Å²) in [6, 6.07) is 21.1. The number of fused-ring (bicyclic) bond motifs is 1. The number of carbonyl (C=O) groups excluding carboxylic acids is 1. The van der Waals surface area contributed by atoms with E-state index in [4.69, 9.17) is 14.2 Å². The van der Waals surface area contributed by atoms with Gasteiger partial charge in [-0.05, 0) is 53.2 Å². The molecule has 2 N–H and O–H groups in total. The molecule has 0 bridgehead atoms. The van der Waals surface area contributed by atoms with Gasteiger partial charge >= 0.3 is 0 Å². The number of sulfonamides is 1. The fraction of sp³-hybridized carbons (Fsp3) is 0.143. The maximum absolute atomic E-state index is 13.7. The molecule has 0 aromatic heterocycles. The van der Waals surface area contributed by atoms with Gasteiger partial charge in [-0.1, -0.05) is 30.3 Å². The molecule has 39 heavy (non-hydrogen) atoms. The molecule has 0 aliphatic rings. The number of benzene rings is 4. The number of nitrogens with one attached hydrogen (secondary N) is 1. The molecule has 0 spiro atoms. The predicted molar refractivity (Wildman–Crippen MR) is 148 cm³/mol. The first-order valence-corrected chi connectivity index (χ1v) is 13.1. The number of hydrazone groups is 1. The minimum Gasteiger partial charge on any atom is -0.507 e. The number of methoxy groups -OCH3 is 3. The molecule has 10 nitrogen and oxygen atoms in total. The van der Waals surface area contributed by atoms with Gasteiger partial charge in [-0.15, -0.1) is 0 Å². The Morgan fingerprint density at radius 3 is 2.33 bits per heavy atom. The molecule has 0 saturated heterocycles. The van der Waals surface area contributed by atoms with Crippen LogP contribution < -0.4 is 23.9 Å². The van der Waals surface area contributed by atoms with Crippen molar-refractivity contribution in [3.8, 4) is 23.0 Å². The summed E-state index contributed by atoms with van der Waals surface area (Å²) in [6.07, 6.45) is 1.32. The zero-order valence-corrected chi connectivity index (χ0v) is 22.3. The Labute approximate surface area is 226 Å². The molecule has 0 atom stereocenters. The van der Waals surface area contributed by atoms with Crippen LogP contribution in [0.3, 0.4) is 0 Å². The summed E-state index contributed by atoms with van der Waals surface area (Å²) in [4.78, 5) is 12.8. The summed E-state index contributed by atoms with van der Waals surface area (Å²) in [5.74, 6) is 0.382. The second kappa shape index (κ2) is 11.7. The third kappa shape index (κ3) is 5.88. The van der Waals surface area contributed by atoms with Crippen LogP contribution in [0, 0.1) is 0 Å². The molecule has 4 rings (SSSR count). The maximum Gasteiger partial charge on any atom is 0.264 e. The molecule has 0 aliphatic carbocycles. The summed E-state index contributed by atoms with van der Waals surface area (Å²) in [5, 5.41) is 15.9. The first-order chi connectivity index (χ1) is 18.8. The Morgan fingerprint density at radius 2 is 1.64 bits per heavy atom. The Kier molecular flexibility index (Phi) is 8.21. The van der Waals surface area contributed by atoms with Crippen LogP contribution in [0.2, 0.25) is 0 Å². The number of ether oxygens (including phenoxy) is 3. The largest absolute Gasteiger partial charge is 0.507 e. The number of anilines is 1. The quantitative estimate of drug-likeness (QED) is 0.227. The van der Waals surface area contributed by atoms with Gasteiger partial charge < -0.3 is 19.3 Å². The van der Waals surface area contributed by atoms with Gasteiger partial charge in [-0.3, -0.25) is 9.10 Å². The topological polar surface area (TPSA) is 127 Å². The first-order valence-electron chi connectivity index (χ1n) is 11.7. The van der Waals surface area contributed by atoms with E-state index in [-0.39, 0.29) is 22.1 Å². The van der Waals surface area contributed by atoms with Gasteiger partial charge in [0.2, 0.25) is 0 Å². The van der Waals surface area contributed by atoms with Gasteiger partial charge in [0.1, 0.15) is 18.0 Å². The van der Waals surface area contributed by atoms with Crippen molar-refractivity contribution in [2.75, 3.05) is 32.2 Å². The van der Waals surface area contributed by atoms with E-state index < -0.39 is 22.5 Å². The molecule has 202 valence electrons. The van der Waals surface area contributed by atoms with Crippen molar-refractivity contribution in [1.82, 2.24) is 5.43 Å². The number of hydrogen-bond acceptors (Lipinski definition) is 8. The van der Waals surface area contributed by atoms with Gasteiger partial charge in [0.15, 0.2) is 11.5 Å². The number of nitrogens with zero attached hydrogens (tertiary/aromatic N) is 2. The fourth-order valence-corrected chi connectivity index (χ4v) is 5.36. The monoisotopic (exact) mass is 549 g/mol. The number of carbonyl (C=O) groups is 1. The number of amides is 1. The molecule has 1 amide bonds. The van der Waals surface area contributed by atoms with Crippen molar-refractivity contribution >= 4 is 38.6 Å². The lowest BCUT2D eigenvalue weighted by Crippen LogP contribution is -2.39. The van der Waals surface area contributed by atoms with Crippen molar-refractivity contribution in [1.29, 1.82) is 0 Å². The highest BCUT2D eigenvalue weighted by atomic mass is 32.2.